The van der Waals surface area contributed by atoms with Crippen molar-refractivity contribution in [2.75, 3.05) is 0 Å². The predicted octanol–water partition coefficient (Wildman–Crippen LogP) is 1.10. The second-order valence-corrected chi connectivity index (χ2v) is 1.85. The standard InChI is InChI=1S/C6H9FO2/c1-3-5(8)4(2)6(7)9/h4H,3H2,1-2H3. The third-order valence-electron chi connectivity index (χ3n) is 1.17. The van der Waals surface area contributed by atoms with E-state index in [4.69, 9.17) is 0 Å². The van der Waals surface area contributed by atoms with E-state index >= 15 is 0 Å². The molecule has 0 aromatic heterocycles. The number of halogens is 1. The lowest BCUT2D eigenvalue weighted by molar-refractivity contribution is -0.138. The second-order valence-electron chi connectivity index (χ2n) is 1.85. The molecule has 1 atom stereocenters. The van der Waals surface area contributed by atoms with Crippen LogP contribution in [0.3, 0.4) is 0 Å². The predicted molar refractivity (Wildman–Crippen MR) is 30.6 cm³/mol. The van der Waals surface area contributed by atoms with E-state index in [1.807, 2.05) is 0 Å². The van der Waals surface area contributed by atoms with E-state index in [1.165, 1.54) is 6.92 Å². The highest BCUT2D eigenvalue weighted by Crippen LogP contribution is 2.01. The van der Waals surface area contributed by atoms with Crippen molar-refractivity contribution in [3.63, 3.8) is 0 Å². The minimum atomic E-state index is -1.54. The third-order valence-corrected chi connectivity index (χ3v) is 1.17. The lowest BCUT2D eigenvalue weighted by Gasteiger charge is -1.98. The van der Waals surface area contributed by atoms with Crippen LogP contribution in [0.2, 0.25) is 0 Å². The Labute approximate surface area is 53.1 Å². The molecule has 0 spiro atoms. The number of rotatable bonds is 3. The first-order valence-corrected chi connectivity index (χ1v) is 2.81. The molecule has 2 nitrogen and oxygen atoms in total. The summed E-state index contributed by atoms with van der Waals surface area (Å²) in [5.41, 5.74) is 0. The van der Waals surface area contributed by atoms with Crippen LogP contribution >= 0.6 is 0 Å². The molecule has 0 aromatic rings. The van der Waals surface area contributed by atoms with Crippen LogP contribution in [-0.2, 0) is 9.59 Å². The molecule has 0 aliphatic carbocycles. The SMILES string of the molecule is CCC(=O)C(C)C(=O)F. The molecule has 52 valence electrons. The normalized spacial score (nSPS) is 12.8. The van der Waals surface area contributed by atoms with Gasteiger partial charge in [0.2, 0.25) is 0 Å². The molecule has 0 N–H and O–H groups in total. The molecule has 1 unspecified atom stereocenters. The summed E-state index contributed by atoms with van der Waals surface area (Å²) >= 11 is 0. The zero-order chi connectivity index (χ0) is 7.44. The van der Waals surface area contributed by atoms with Crippen molar-refractivity contribution in [2.45, 2.75) is 20.3 Å². The summed E-state index contributed by atoms with van der Waals surface area (Å²) in [5, 5.41) is 0. The van der Waals surface area contributed by atoms with Crippen molar-refractivity contribution in [3.8, 4) is 0 Å². The van der Waals surface area contributed by atoms with Crippen molar-refractivity contribution in [1.82, 2.24) is 0 Å². The van der Waals surface area contributed by atoms with E-state index in [-0.39, 0.29) is 12.2 Å². The molecule has 0 saturated carbocycles. The van der Waals surface area contributed by atoms with Crippen LogP contribution in [0.1, 0.15) is 20.3 Å². The topological polar surface area (TPSA) is 34.1 Å². The molecule has 0 saturated heterocycles. The minimum absolute atomic E-state index is 0.219. The van der Waals surface area contributed by atoms with Gasteiger partial charge >= 0.3 is 6.04 Å². The van der Waals surface area contributed by atoms with E-state index in [2.05, 4.69) is 0 Å². The maximum absolute atomic E-state index is 11.7. The first-order chi connectivity index (χ1) is 4.09. The Morgan fingerprint density at radius 3 is 2.11 bits per heavy atom. The van der Waals surface area contributed by atoms with Gasteiger partial charge in [0.15, 0.2) is 0 Å². The van der Waals surface area contributed by atoms with E-state index < -0.39 is 12.0 Å². The molecule has 0 amide bonds. The molecule has 0 bridgehead atoms. The molecule has 0 aromatic carbocycles. The van der Waals surface area contributed by atoms with Crippen LogP contribution in [0.4, 0.5) is 4.39 Å². The van der Waals surface area contributed by atoms with Gasteiger partial charge in [-0.15, -0.1) is 0 Å². The van der Waals surface area contributed by atoms with Gasteiger partial charge in [-0.3, -0.25) is 9.59 Å². The average molecular weight is 132 g/mol. The molecular weight excluding hydrogens is 123 g/mol. The first kappa shape index (κ1) is 8.27. The fourth-order valence-electron chi connectivity index (χ4n) is 0.433. The number of hydrogen-bond donors (Lipinski definition) is 0. The third kappa shape index (κ3) is 2.35. The summed E-state index contributed by atoms with van der Waals surface area (Å²) in [4.78, 5) is 20.3. The van der Waals surface area contributed by atoms with Crippen molar-refractivity contribution >= 4 is 11.8 Å². The highest BCUT2D eigenvalue weighted by atomic mass is 19.1. The van der Waals surface area contributed by atoms with E-state index in [9.17, 15) is 14.0 Å². The Balaban J connectivity index is 3.88. The summed E-state index contributed by atoms with van der Waals surface area (Å²) in [6.45, 7) is 2.87. The van der Waals surface area contributed by atoms with Crippen molar-refractivity contribution in [1.29, 1.82) is 0 Å². The Bertz CT molecular complexity index is 131. The van der Waals surface area contributed by atoms with Crippen LogP contribution in [0, 0.1) is 5.92 Å². The molecule has 0 fully saturated rings. The molecule has 3 heteroatoms. The van der Waals surface area contributed by atoms with Crippen molar-refractivity contribution in [3.05, 3.63) is 0 Å². The molecule has 0 aliphatic heterocycles. The van der Waals surface area contributed by atoms with Gasteiger partial charge in [-0.05, 0) is 6.92 Å². The summed E-state index contributed by atoms with van der Waals surface area (Å²) < 4.78 is 11.7. The molecule has 0 radical (unpaired) electrons. The van der Waals surface area contributed by atoms with E-state index in [0.717, 1.165) is 0 Å². The number of carbonyl (C=O) groups is 2. The quantitative estimate of drug-likeness (QED) is 0.425. The summed E-state index contributed by atoms with van der Waals surface area (Å²) in [6.07, 6.45) is 0.219. The number of ketones is 1. The van der Waals surface area contributed by atoms with Gasteiger partial charge in [-0.25, -0.2) is 0 Å². The lowest BCUT2D eigenvalue weighted by Crippen LogP contribution is -2.16. The van der Waals surface area contributed by atoms with Crippen molar-refractivity contribution < 1.29 is 14.0 Å². The fourth-order valence-corrected chi connectivity index (χ4v) is 0.433. The monoisotopic (exact) mass is 132 g/mol. The van der Waals surface area contributed by atoms with Crippen LogP contribution < -0.4 is 0 Å². The smallest absolute Gasteiger partial charge is 0.299 e. The van der Waals surface area contributed by atoms with Gasteiger partial charge in [0, 0.05) is 6.42 Å². The molecular formula is C6H9FO2. The highest BCUT2D eigenvalue weighted by molar-refractivity contribution is 5.97. The minimum Gasteiger partial charge on any atom is -0.299 e. The highest BCUT2D eigenvalue weighted by Gasteiger charge is 2.18. The maximum Gasteiger partial charge on any atom is 0.311 e. The Kier molecular flexibility index (Phi) is 3.06. The van der Waals surface area contributed by atoms with Gasteiger partial charge in [-0.1, -0.05) is 6.92 Å². The zero-order valence-corrected chi connectivity index (χ0v) is 5.48. The van der Waals surface area contributed by atoms with Gasteiger partial charge in [0.25, 0.3) is 0 Å². The average Bonchev–Trinajstić information content (AvgIpc) is 1.84. The summed E-state index contributed by atoms with van der Waals surface area (Å²) in [7, 11) is 0. The molecule has 0 heterocycles. The van der Waals surface area contributed by atoms with E-state index in [1.54, 1.807) is 6.92 Å². The maximum atomic E-state index is 11.7. The lowest BCUT2D eigenvalue weighted by atomic mass is 10.1. The fraction of sp³-hybridized carbons (Fsp3) is 0.667. The second kappa shape index (κ2) is 3.33. The van der Waals surface area contributed by atoms with Gasteiger partial charge in [0.1, 0.15) is 11.7 Å². The first-order valence-electron chi connectivity index (χ1n) is 2.81. The number of Topliss-reactive ketones (excluding diaryl/α,β-unsaturated/α-hetero) is 1. The summed E-state index contributed by atoms with van der Waals surface area (Å²) in [6, 6.07) is -1.54. The van der Waals surface area contributed by atoms with Crippen LogP contribution in [0.5, 0.6) is 0 Å². The number of hydrogen-bond acceptors (Lipinski definition) is 2. The van der Waals surface area contributed by atoms with E-state index in [0.29, 0.717) is 0 Å². The Hall–Kier alpha value is -0.730. The van der Waals surface area contributed by atoms with Crippen LogP contribution in [-0.4, -0.2) is 11.8 Å². The van der Waals surface area contributed by atoms with Gasteiger partial charge in [-0.2, -0.15) is 4.39 Å². The van der Waals surface area contributed by atoms with Gasteiger partial charge in [0.05, 0.1) is 0 Å². The molecule has 0 aliphatic rings. The van der Waals surface area contributed by atoms with Gasteiger partial charge < -0.3 is 0 Å². The zero-order valence-electron chi connectivity index (χ0n) is 5.48. The van der Waals surface area contributed by atoms with Crippen molar-refractivity contribution in [2.24, 2.45) is 5.92 Å². The number of carbonyl (C=O) groups excluding carboxylic acids is 2. The van der Waals surface area contributed by atoms with Crippen LogP contribution in [0.15, 0.2) is 0 Å². The largest absolute Gasteiger partial charge is 0.311 e. The molecule has 9 heavy (non-hydrogen) atoms. The summed E-state index contributed by atoms with van der Waals surface area (Å²) in [5.74, 6) is -1.41. The molecule has 0 rings (SSSR count). The Morgan fingerprint density at radius 1 is 1.56 bits per heavy atom. The Morgan fingerprint density at radius 2 is 2.00 bits per heavy atom. The van der Waals surface area contributed by atoms with Crippen LogP contribution in [0.25, 0.3) is 0 Å².